The zero-order valence-corrected chi connectivity index (χ0v) is 11.3. The van der Waals surface area contributed by atoms with Crippen LogP contribution in [0.2, 0.25) is 0 Å². The maximum absolute atomic E-state index is 12.3. The van der Waals surface area contributed by atoms with Crippen molar-refractivity contribution in [3.05, 3.63) is 0 Å². The fraction of sp³-hybridized carbons (Fsp3) is 0.909. The number of nitrogens with zero attached hydrogens (tertiary/aromatic N) is 1. The second-order valence-corrected chi connectivity index (χ2v) is 7.45. The zero-order valence-electron chi connectivity index (χ0n) is 9.77. The highest BCUT2D eigenvalue weighted by molar-refractivity contribution is 7.92. The standard InChI is InChI=1S/C11H18ClNO3S/c12-8-9-4-3-6-13(9)11(14)10-5-1-2-7-17(10,15)16/h9-10H,1-8H2. The van der Waals surface area contributed by atoms with Crippen LogP contribution in [0.5, 0.6) is 0 Å². The Hall–Kier alpha value is -0.290. The van der Waals surface area contributed by atoms with Gasteiger partial charge in [-0.05, 0) is 25.7 Å². The molecule has 98 valence electrons. The molecule has 2 saturated heterocycles. The molecule has 17 heavy (non-hydrogen) atoms. The van der Waals surface area contributed by atoms with E-state index in [0.717, 1.165) is 19.3 Å². The molecule has 0 aliphatic carbocycles. The van der Waals surface area contributed by atoms with Gasteiger partial charge < -0.3 is 4.90 Å². The molecule has 0 spiro atoms. The van der Waals surface area contributed by atoms with Crippen molar-refractivity contribution >= 4 is 27.3 Å². The fourth-order valence-corrected chi connectivity index (χ4v) is 4.88. The summed E-state index contributed by atoms with van der Waals surface area (Å²) in [5, 5.41) is -0.805. The van der Waals surface area contributed by atoms with Crippen molar-refractivity contribution in [2.24, 2.45) is 0 Å². The summed E-state index contributed by atoms with van der Waals surface area (Å²) in [4.78, 5) is 14.0. The molecular formula is C11H18ClNO3S. The second kappa shape index (κ2) is 5.14. The van der Waals surface area contributed by atoms with Gasteiger partial charge in [-0.2, -0.15) is 0 Å². The molecular weight excluding hydrogens is 262 g/mol. The molecule has 0 bridgehead atoms. The largest absolute Gasteiger partial charge is 0.337 e. The normalized spacial score (nSPS) is 32.6. The molecule has 0 aromatic rings. The second-order valence-electron chi connectivity index (χ2n) is 4.83. The Labute approximate surface area is 107 Å². The molecule has 0 saturated carbocycles. The van der Waals surface area contributed by atoms with Crippen LogP contribution in [0.3, 0.4) is 0 Å². The number of likely N-dealkylation sites (tertiary alicyclic amines) is 1. The highest BCUT2D eigenvalue weighted by Crippen LogP contribution is 2.26. The summed E-state index contributed by atoms with van der Waals surface area (Å²) in [6, 6.07) is 0.0290. The first-order valence-corrected chi connectivity index (χ1v) is 8.39. The Bertz CT molecular complexity index is 396. The van der Waals surface area contributed by atoms with Crippen molar-refractivity contribution in [3.8, 4) is 0 Å². The van der Waals surface area contributed by atoms with Gasteiger partial charge in [0.1, 0.15) is 5.25 Å². The van der Waals surface area contributed by atoms with Gasteiger partial charge in [-0.15, -0.1) is 11.6 Å². The van der Waals surface area contributed by atoms with Crippen LogP contribution in [0.4, 0.5) is 0 Å². The lowest BCUT2D eigenvalue weighted by molar-refractivity contribution is -0.131. The molecule has 2 unspecified atom stereocenters. The maximum Gasteiger partial charge on any atom is 0.241 e. The van der Waals surface area contributed by atoms with Gasteiger partial charge in [0.15, 0.2) is 9.84 Å². The Kier molecular flexibility index (Phi) is 3.98. The minimum atomic E-state index is -3.23. The molecule has 4 nitrogen and oxygen atoms in total. The van der Waals surface area contributed by atoms with Gasteiger partial charge in [0.05, 0.1) is 5.75 Å². The van der Waals surface area contributed by atoms with Crippen LogP contribution in [-0.4, -0.2) is 48.7 Å². The van der Waals surface area contributed by atoms with E-state index in [4.69, 9.17) is 11.6 Å². The summed E-state index contributed by atoms with van der Waals surface area (Å²) < 4.78 is 23.8. The third kappa shape index (κ3) is 2.60. The van der Waals surface area contributed by atoms with Gasteiger partial charge in [0, 0.05) is 18.5 Å². The molecule has 0 N–H and O–H groups in total. The van der Waals surface area contributed by atoms with Gasteiger partial charge >= 0.3 is 0 Å². The summed E-state index contributed by atoms with van der Waals surface area (Å²) >= 11 is 5.81. The molecule has 2 aliphatic heterocycles. The van der Waals surface area contributed by atoms with Crippen molar-refractivity contribution < 1.29 is 13.2 Å². The molecule has 2 fully saturated rings. The third-order valence-corrected chi connectivity index (χ3v) is 6.21. The number of halogens is 1. The quantitative estimate of drug-likeness (QED) is 0.714. The minimum Gasteiger partial charge on any atom is -0.337 e. The van der Waals surface area contributed by atoms with Crippen LogP contribution in [0.1, 0.15) is 32.1 Å². The number of carbonyl (C=O) groups excluding carboxylic acids is 1. The van der Waals surface area contributed by atoms with Crippen molar-refractivity contribution in [1.82, 2.24) is 4.90 Å². The van der Waals surface area contributed by atoms with Gasteiger partial charge in [-0.3, -0.25) is 4.79 Å². The predicted octanol–water partition coefficient (Wildman–Crippen LogP) is 1.18. The van der Waals surface area contributed by atoms with E-state index in [1.165, 1.54) is 0 Å². The van der Waals surface area contributed by atoms with Crippen LogP contribution >= 0.6 is 11.6 Å². The van der Waals surface area contributed by atoms with E-state index in [0.29, 0.717) is 25.3 Å². The van der Waals surface area contributed by atoms with Crippen LogP contribution in [0.25, 0.3) is 0 Å². The molecule has 1 amide bonds. The molecule has 2 aliphatic rings. The summed E-state index contributed by atoms with van der Waals surface area (Å²) in [5.41, 5.74) is 0. The van der Waals surface area contributed by atoms with Crippen molar-refractivity contribution in [3.63, 3.8) is 0 Å². The first kappa shape index (κ1) is 13.1. The number of amides is 1. The van der Waals surface area contributed by atoms with E-state index < -0.39 is 15.1 Å². The lowest BCUT2D eigenvalue weighted by Gasteiger charge is -2.29. The van der Waals surface area contributed by atoms with E-state index >= 15 is 0 Å². The zero-order chi connectivity index (χ0) is 12.5. The average Bonchev–Trinajstić information content (AvgIpc) is 2.75. The molecule has 0 aromatic carbocycles. The number of carbonyl (C=O) groups is 1. The Morgan fingerprint density at radius 2 is 2.00 bits per heavy atom. The average molecular weight is 280 g/mol. The van der Waals surface area contributed by atoms with E-state index in [2.05, 4.69) is 0 Å². The lowest BCUT2D eigenvalue weighted by atomic mass is 10.1. The molecule has 2 heterocycles. The molecule has 2 rings (SSSR count). The third-order valence-electron chi connectivity index (χ3n) is 3.69. The highest BCUT2D eigenvalue weighted by atomic mass is 35.5. The van der Waals surface area contributed by atoms with Crippen LogP contribution in [0.15, 0.2) is 0 Å². The predicted molar refractivity (Wildman–Crippen MR) is 66.9 cm³/mol. The van der Waals surface area contributed by atoms with Gasteiger partial charge in [0.25, 0.3) is 0 Å². The van der Waals surface area contributed by atoms with E-state index in [9.17, 15) is 13.2 Å². The van der Waals surface area contributed by atoms with Gasteiger partial charge in [-0.25, -0.2) is 8.42 Å². The van der Waals surface area contributed by atoms with Crippen LogP contribution < -0.4 is 0 Å². The lowest BCUT2D eigenvalue weighted by Crippen LogP contribution is -2.47. The molecule has 0 radical (unpaired) electrons. The van der Waals surface area contributed by atoms with E-state index in [1.54, 1.807) is 4.90 Å². The first-order chi connectivity index (χ1) is 8.06. The minimum absolute atomic E-state index is 0.0290. The summed E-state index contributed by atoms with van der Waals surface area (Å²) in [7, 11) is -3.23. The number of hydrogen-bond acceptors (Lipinski definition) is 3. The first-order valence-electron chi connectivity index (χ1n) is 6.14. The van der Waals surface area contributed by atoms with E-state index in [1.807, 2.05) is 0 Å². The molecule has 6 heteroatoms. The SMILES string of the molecule is O=C(C1CCCCS1(=O)=O)N1CCCC1CCl. The van der Waals surface area contributed by atoms with Crippen LogP contribution in [-0.2, 0) is 14.6 Å². The molecule has 2 atom stereocenters. The summed E-state index contributed by atoms with van der Waals surface area (Å²) in [5.74, 6) is 0.342. The Balaban J connectivity index is 2.13. The topological polar surface area (TPSA) is 54.5 Å². The van der Waals surface area contributed by atoms with Crippen molar-refractivity contribution in [2.45, 2.75) is 43.4 Å². The van der Waals surface area contributed by atoms with Crippen molar-refractivity contribution in [1.29, 1.82) is 0 Å². The molecule has 0 aromatic heterocycles. The van der Waals surface area contributed by atoms with Crippen molar-refractivity contribution in [2.75, 3.05) is 18.2 Å². The van der Waals surface area contributed by atoms with Gasteiger partial charge in [0.2, 0.25) is 5.91 Å². The Morgan fingerprint density at radius 3 is 2.65 bits per heavy atom. The number of hydrogen-bond donors (Lipinski definition) is 0. The summed E-state index contributed by atoms with van der Waals surface area (Å²) in [6.07, 6.45) is 3.81. The number of alkyl halides is 1. The number of rotatable bonds is 2. The smallest absolute Gasteiger partial charge is 0.241 e. The summed E-state index contributed by atoms with van der Waals surface area (Å²) in [6.45, 7) is 0.655. The van der Waals surface area contributed by atoms with Crippen LogP contribution in [0, 0.1) is 0 Å². The maximum atomic E-state index is 12.3. The van der Waals surface area contributed by atoms with E-state index in [-0.39, 0.29) is 17.7 Å². The van der Waals surface area contributed by atoms with Gasteiger partial charge in [-0.1, -0.05) is 6.42 Å². The monoisotopic (exact) mass is 279 g/mol. The number of sulfone groups is 1. The Morgan fingerprint density at radius 1 is 1.24 bits per heavy atom. The fourth-order valence-electron chi connectivity index (χ4n) is 2.70. The highest BCUT2D eigenvalue weighted by Gasteiger charge is 2.40.